The van der Waals surface area contributed by atoms with Crippen LogP contribution < -0.4 is 5.69 Å². The van der Waals surface area contributed by atoms with Crippen molar-refractivity contribution in [1.82, 2.24) is 14.5 Å². The van der Waals surface area contributed by atoms with Crippen LogP contribution in [0.1, 0.15) is 6.04 Å². The van der Waals surface area contributed by atoms with Gasteiger partial charge >= 0.3 is 5.69 Å². The summed E-state index contributed by atoms with van der Waals surface area (Å²) in [5.74, 6) is 0. The third-order valence-corrected chi connectivity index (χ3v) is 2.76. The van der Waals surface area contributed by atoms with Crippen molar-refractivity contribution in [3.63, 3.8) is 0 Å². The number of halogens is 1. The molecule has 2 aromatic rings. The summed E-state index contributed by atoms with van der Waals surface area (Å²) in [4.78, 5) is 18.3. The number of rotatable bonds is 1. The molecule has 5 nitrogen and oxygen atoms in total. The van der Waals surface area contributed by atoms with Gasteiger partial charge in [-0.2, -0.15) is 0 Å². The average Bonchev–Trinajstić information content (AvgIpc) is 2.42. The molecule has 3 heterocycles. The monoisotopic (exact) mass is 225 g/mol. The van der Waals surface area contributed by atoms with Crippen molar-refractivity contribution in [2.45, 2.75) is 6.04 Å². The van der Waals surface area contributed by atoms with Crippen molar-refractivity contribution in [2.24, 2.45) is 0 Å². The first-order chi connectivity index (χ1) is 7.25. The molecule has 3 rings (SSSR count). The molecule has 78 valence electrons. The van der Waals surface area contributed by atoms with E-state index in [2.05, 4.69) is 9.97 Å². The van der Waals surface area contributed by atoms with E-state index in [0.717, 1.165) is 5.52 Å². The topological polar surface area (TPSA) is 59.9 Å². The lowest BCUT2D eigenvalue weighted by Gasteiger charge is -2.26. The van der Waals surface area contributed by atoms with Gasteiger partial charge in [-0.1, -0.05) is 11.6 Å². The summed E-state index contributed by atoms with van der Waals surface area (Å²) in [6.07, 6.45) is 1.56. The normalized spacial score (nSPS) is 16.9. The second-order valence-corrected chi connectivity index (χ2v) is 3.90. The zero-order valence-electron chi connectivity index (χ0n) is 7.74. The molecule has 1 fully saturated rings. The Hall–Kier alpha value is -1.33. The Kier molecular flexibility index (Phi) is 1.83. The fourth-order valence-corrected chi connectivity index (χ4v) is 1.89. The number of hydrogen-bond donors (Lipinski definition) is 1. The second kappa shape index (κ2) is 3.08. The number of fused-ring (bicyclic) bond motifs is 1. The molecule has 1 saturated heterocycles. The molecule has 1 aliphatic heterocycles. The summed E-state index contributed by atoms with van der Waals surface area (Å²) < 4.78 is 6.74. The molecule has 0 spiro atoms. The highest BCUT2D eigenvalue weighted by Gasteiger charge is 2.24. The van der Waals surface area contributed by atoms with Gasteiger partial charge in [0.1, 0.15) is 5.15 Å². The van der Waals surface area contributed by atoms with Gasteiger partial charge in [-0.3, -0.25) is 4.57 Å². The van der Waals surface area contributed by atoms with Gasteiger partial charge in [-0.05, 0) is 0 Å². The van der Waals surface area contributed by atoms with Crippen molar-refractivity contribution >= 4 is 22.6 Å². The molecular weight excluding hydrogens is 218 g/mol. The van der Waals surface area contributed by atoms with Gasteiger partial charge in [0.25, 0.3) is 0 Å². The number of aromatic amines is 1. The molecule has 0 aromatic carbocycles. The zero-order valence-corrected chi connectivity index (χ0v) is 8.49. The zero-order chi connectivity index (χ0) is 10.4. The maximum Gasteiger partial charge on any atom is 0.326 e. The largest absolute Gasteiger partial charge is 0.377 e. The Morgan fingerprint density at radius 2 is 2.40 bits per heavy atom. The van der Waals surface area contributed by atoms with Crippen LogP contribution in [-0.4, -0.2) is 27.7 Å². The maximum absolute atomic E-state index is 11.7. The van der Waals surface area contributed by atoms with Crippen LogP contribution in [0, 0.1) is 0 Å². The van der Waals surface area contributed by atoms with Gasteiger partial charge in [0.15, 0.2) is 0 Å². The van der Waals surface area contributed by atoms with Crippen LogP contribution in [0.15, 0.2) is 17.1 Å². The van der Waals surface area contributed by atoms with Crippen LogP contribution in [0.2, 0.25) is 5.15 Å². The average molecular weight is 226 g/mol. The van der Waals surface area contributed by atoms with Gasteiger partial charge in [-0.25, -0.2) is 9.78 Å². The molecule has 0 aliphatic carbocycles. The minimum atomic E-state index is -0.137. The Balaban J connectivity index is 2.29. The van der Waals surface area contributed by atoms with E-state index in [4.69, 9.17) is 16.3 Å². The van der Waals surface area contributed by atoms with Crippen molar-refractivity contribution in [3.8, 4) is 0 Å². The summed E-state index contributed by atoms with van der Waals surface area (Å²) in [6.45, 7) is 1.15. The Morgan fingerprint density at radius 3 is 3.07 bits per heavy atom. The van der Waals surface area contributed by atoms with E-state index in [-0.39, 0.29) is 11.7 Å². The lowest BCUT2D eigenvalue weighted by Crippen LogP contribution is -2.36. The maximum atomic E-state index is 11.7. The predicted molar refractivity (Wildman–Crippen MR) is 55.2 cm³/mol. The van der Waals surface area contributed by atoms with Crippen molar-refractivity contribution < 1.29 is 4.74 Å². The predicted octanol–water partition coefficient (Wildman–Crippen LogP) is 0.949. The van der Waals surface area contributed by atoms with Crippen LogP contribution in [0.5, 0.6) is 0 Å². The molecule has 15 heavy (non-hydrogen) atoms. The number of nitrogens with zero attached hydrogens (tertiary/aromatic N) is 2. The summed E-state index contributed by atoms with van der Waals surface area (Å²) in [6, 6.07) is 1.80. The minimum absolute atomic E-state index is 0.115. The third kappa shape index (κ3) is 1.27. The minimum Gasteiger partial charge on any atom is -0.377 e. The highest BCUT2D eigenvalue weighted by Crippen LogP contribution is 2.21. The van der Waals surface area contributed by atoms with E-state index in [0.29, 0.717) is 23.9 Å². The first-order valence-corrected chi connectivity index (χ1v) is 4.97. The lowest BCUT2D eigenvalue weighted by molar-refractivity contribution is -0.0228. The Labute approximate surface area is 89.6 Å². The van der Waals surface area contributed by atoms with Gasteiger partial charge in [0, 0.05) is 6.07 Å². The van der Waals surface area contributed by atoms with E-state index >= 15 is 0 Å². The van der Waals surface area contributed by atoms with Crippen LogP contribution in [0.3, 0.4) is 0 Å². The molecule has 0 unspecified atom stereocenters. The Bertz CT molecular complexity index is 570. The number of H-pyrrole nitrogens is 1. The van der Waals surface area contributed by atoms with Crippen molar-refractivity contribution in [2.75, 3.05) is 13.2 Å². The van der Waals surface area contributed by atoms with Gasteiger partial charge in [0.05, 0.1) is 36.5 Å². The summed E-state index contributed by atoms with van der Waals surface area (Å²) in [7, 11) is 0. The molecule has 0 saturated carbocycles. The number of pyridine rings is 1. The number of nitrogens with one attached hydrogen (secondary N) is 1. The van der Waals surface area contributed by atoms with Crippen LogP contribution in [0.25, 0.3) is 11.0 Å². The molecule has 0 radical (unpaired) electrons. The lowest BCUT2D eigenvalue weighted by atomic mass is 10.2. The third-order valence-electron chi connectivity index (χ3n) is 2.55. The fourth-order valence-electron chi connectivity index (χ4n) is 1.74. The molecule has 0 atom stereocenters. The molecule has 1 aliphatic rings. The first-order valence-electron chi connectivity index (χ1n) is 4.59. The van der Waals surface area contributed by atoms with Gasteiger partial charge < -0.3 is 9.72 Å². The number of imidazole rings is 1. The van der Waals surface area contributed by atoms with E-state index in [9.17, 15) is 4.79 Å². The molecule has 0 bridgehead atoms. The number of ether oxygens (including phenoxy) is 1. The van der Waals surface area contributed by atoms with Gasteiger partial charge in [0.2, 0.25) is 0 Å². The second-order valence-electron chi connectivity index (χ2n) is 3.52. The highest BCUT2D eigenvalue weighted by atomic mass is 35.5. The number of hydrogen-bond acceptors (Lipinski definition) is 3. The number of aromatic nitrogens is 3. The molecule has 0 amide bonds. The quantitative estimate of drug-likeness (QED) is 0.735. The van der Waals surface area contributed by atoms with Crippen LogP contribution >= 0.6 is 11.6 Å². The summed E-state index contributed by atoms with van der Waals surface area (Å²) in [5, 5.41) is 0.385. The van der Waals surface area contributed by atoms with E-state index < -0.39 is 0 Å². The van der Waals surface area contributed by atoms with Crippen LogP contribution in [0.4, 0.5) is 0 Å². The molecular formula is C9H8ClN3O2. The van der Waals surface area contributed by atoms with E-state index in [1.54, 1.807) is 16.8 Å². The Morgan fingerprint density at radius 1 is 1.60 bits per heavy atom. The molecule has 6 heteroatoms. The van der Waals surface area contributed by atoms with E-state index in [1.165, 1.54) is 0 Å². The first kappa shape index (κ1) is 8.94. The molecule has 1 N–H and O–H groups in total. The van der Waals surface area contributed by atoms with Gasteiger partial charge in [-0.15, -0.1) is 0 Å². The van der Waals surface area contributed by atoms with Crippen molar-refractivity contribution in [3.05, 3.63) is 27.9 Å². The van der Waals surface area contributed by atoms with Crippen molar-refractivity contribution in [1.29, 1.82) is 0 Å². The molecule has 2 aromatic heterocycles. The van der Waals surface area contributed by atoms with Crippen LogP contribution in [-0.2, 0) is 4.74 Å². The van der Waals surface area contributed by atoms with E-state index in [1.807, 2.05) is 0 Å². The summed E-state index contributed by atoms with van der Waals surface area (Å²) >= 11 is 5.79. The smallest absolute Gasteiger partial charge is 0.326 e. The summed E-state index contributed by atoms with van der Waals surface area (Å²) in [5.41, 5.74) is 1.35. The fraction of sp³-hybridized carbons (Fsp3) is 0.333. The standard InChI is InChI=1S/C9H8ClN3O2/c10-8-1-7-6(2-11-8)12-9(14)13(7)5-3-15-4-5/h1-2,5H,3-4H2,(H,12,14). The SMILES string of the molecule is O=c1[nH]c2cnc(Cl)cc2n1C1COC1. The highest BCUT2D eigenvalue weighted by molar-refractivity contribution is 6.29.